The minimum atomic E-state index is -2.56. The number of ketones is 2. The van der Waals surface area contributed by atoms with Crippen molar-refractivity contribution in [1.82, 2.24) is 0 Å². The van der Waals surface area contributed by atoms with Crippen LogP contribution in [-0.4, -0.2) is 73.6 Å². The molecule has 204 valence electrons. The van der Waals surface area contributed by atoms with E-state index in [1.165, 1.54) is 13.0 Å². The van der Waals surface area contributed by atoms with Crippen molar-refractivity contribution < 1.29 is 48.7 Å². The Morgan fingerprint density at radius 1 is 1.05 bits per heavy atom. The number of aliphatic hydroxyl groups is 3. The van der Waals surface area contributed by atoms with Crippen LogP contribution in [0.25, 0.3) is 0 Å². The van der Waals surface area contributed by atoms with Crippen molar-refractivity contribution in [2.45, 2.75) is 88.2 Å². The van der Waals surface area contributed by atoms with E-state index in [1.54, 1.807) is 32.9 Å². The van der Waals surface area contributed by atoms with Crippen LogP contribution in [0.3, 0.4) is 0 Å². The second-order valence-electron chi connectivity index (χ2n) is 13.1. The molecule has 4 heterocycles. The van der Waals surface area contributed by atoms with Gasteiger partial charge in [0, 0.05) is 5.92 Å². The lowest BCUT2D eigenvalue weighted by Gasteiger charge is -2.61. The molecule has 2 saturated carbocycles. The lowest BCUT2D eigenvalue weighted by molar-refractivity contribution is -0.348. The number of ether oxygens (including phenoxy) is 3. The molecule has 0 amide bonds. The van der Waals surface area contributed by atoms with E-state index in [0.29, 0.717) is 5.57 Å². The number of hydrogen-bond donors (Lipinski definition) is 3. The summed E-state index contributed by atoms with van der Waals surface area (Å²) in [5, 5.41) is 35.8. The Labute approximate surface area is 219 Å². The highest BCUT2D eigenvalue weighted by Crippen LogP contribution is 2.73. The number of carbonyl (C=O) groups excluding carboxylic acids is 4. The molecule has 3 N–H and O–H groups in total. The summed E-state index contributed by atoms with van der Waals surface area (Å²) < 4.78 is 18.0. The van der Waals surface area contributed by atoms with Gasteiger partial charge in [-0.15, -0.1) is 0 Å². The van der Waals surface area contributed by atoms with Gasteiger partial charge in [0.1, 0.15) is 6.10 Å². The van der Waals surface area contributed by atoms with Crippen molar-refractivity contribution in [2.75, 3.05) is 0 Å². The first-order chi connectivity index (χ1) is 17.6. The fourth-order valence-electron chi connectivity index (χ4n) is 9.59. The molecule has 0 aromatic rings. The molecule has 3 aliphatic carbocycles. The Morgan fingerprint density at radius 3 is 2.47 bits per heavy atom. The van der Waals surface area contributed by atoms with E-state index >= 15 is 0 Å². The molecule has 4 bridgehead atoms. The first kappa shape index (κ1) is 24.6. The number of carbonyl (C=O) groups is 4. The maximum absolute atomic E-state index is 14.6. The molecular weight excluding hydrogens is 496 g/mol. The summed E-state index contributed by atoms with van der Waals surface area (Å²) >= 11 is 0. The predicted molar refractivity (Wildman–Crippen MR) is 126 cm³/mol. The molecule has 0 aromatic heterocycles. The van der Waals surface area contributed by atoms with Crippen molar-refractivity contribution in [2.24, 2.45) is 34.5 Å². The Bertz CT molecular complexity index is 1300. The molecule has 12 atom stereocenters. The van der Waals surface area contributed by atoms with Crippen LogP contribution < -0.4 is 0 Å². The van der Waals surface area contributed by atoms with Crippen molar-refractivity contribution in [3.8, 4) is 0 Å². The van der Waals surface area contributed by atoms with Gasteiger partial charge in [0.2, 0.25) is 5.79 Å². The third-order valence-corrected chi connectivity index (χ3v) is 11.9. The largest absolute Gasteiger partial charge is 0.458 e. The zero-order valence-corrected chi connectivity index (χ0v) is 21.7. The number of allylic oxidation sites excluding steroid dienone is 3. The summed E-state index contributed by atoms with van der Waals surface area (Å²) in [6, 6.07) is 0. The van der Waals surface area contributed by atoms with Crippen LogP contribution in [0.4, 0.5) is 0 Å². The first-order valence-corrected chi connectivity index (χ1v) is 13.4. The average Bonchev–Trinajstić information content (AvgIpc) is 3.20. The fraction of sp³-hybridized carbons (Fsp3) is 0.714. The zero-order valence-electron chi connectivity index (χ0n) is 21.7. The number of esters is 2. The Morgan fingerprint density at radius 2 is 1.76 bits per heavy atom. The lowest BCUT2D eigenvalue weighted by atomic mass is 9.46. The zero-order chi connectivity index (χ0) is 27.4. The maximum Gasteiger partial charge on any atom is 0.342 e. The number of Topliss-reactive ketones (excluding diaryl/α,β-unsaturated/α-hetero) is 1. The minimum Gasteiger partial charge on any atom is -0.458 e. The van der Waals surface area contributed by atoms with Gasteiger partial charge in [0.05, 0.1) is 23.4 Å². The fourth-order valence-corrected chi connectivity index (χ4v) is 9.59. The summed E-state index contributed by atoms with van der Waals surface area (Å²) in [4.78, 5) is 54.6. The van der Waals surface area contributed by atoms with Crippen LogP contribution in [0, 0.1) is 34.5 Å². The van der Waals surface area contributed by atoms with Crippen LogP contribution in [0.2, 0.25) is 0 Å². The van der Waals surface area contributed by atoms with Gasteiger partial charge in [-0.05, 0) is 62.5 Å². The molecular formula is C28H32O10. The average molecular weight is 529 g/mol. The van der Waals surface area contributed by atoms with Crippen LogP contribution in [0.1, 0.15) is 53.4 Å². The van der Waals surface area contributed by atoms with Gasteiger partial charge < -0.3 is 29.5 Å². The van der Waals surface area contributed by atoms with Crippen molar-refractivity contribution in [1.29, 1.82) is 0 Å². The highest BCUT2D eigenvalue weighted by atomic mass is 16.7. The van der Waals surface area contributed by atoms with Crippen molar-refractivity contribution >= 4 is 23.5 Å². The molecule has 1 spiro atoms. The van der Waals surface area contributed by atoms with Gasteiger partial charge in [-0.1, -0.05) is 26.0 Å². The number of fused-ring (bicyclic) bond motifs is 9. The molecule has 10 nitrogen and oxygen atoms in total. The summed E-state index contributed by atoms with van der Waals surface area (Å²) in [7, 11) is 0. The van der Waals surface area contributed by atoms with E-state index < -0.39 is 87.0 Å². The van der Waals surface area contributed by atoms with Crippen molar-refractivity contribution in [3.63, 3.8) is 0 Å². The smallest absolute Gasteiger partial charge is 0.342 e. The second kappa shape index (κ2) is 6.66. The third-order valence-electron chi connectivity index (χ3n) is 11.9. The van der Waals surface area contributed by atoms with Crippen LogP contribution >= 0.6 is 0 Å². The number of aliphatic hydroxyl groups excluding tert-OH is 1. The predicted octanol–water partition coefficient (Wildman–Crippen LogP) is 0.510. The highest BCUT2D eigenvalue weighted by molar-refractivity contribution is 6.01. The van der Waals surface area contributed by atoms with Gasteiger partial charge in [0.15, 0.2) is 28.4 Å². The monoisotopic (exact) mass is 528 g/mol. The summed E-state index contributed by atoms with van der Waals surface area (Å²) in [5.74, 6) is -9.04. The normalized spacial score (nSPS) is 58.1. The Kier molecular flexibility index (Phi) is 4.31. The second-order valence-corrected chi connectivity index (χ2v) is 13.1. The topological polar surface area (TPSA) is 157 Å². The highest BCUT2D eigenvalue weighted by Gasteiger charge is 2.92. The lowest BCUT2D eigenvalue weighted by Crippen LogP contribution is -2.78. The molecule has 1 unspecified atom stereocenters. The third kappa shape index (κ3) is 2.19. The molecule has 6 fully saturated rings. The summed E-state index contributed by atoms with van der Waals surface area (Å²) in [5.41, 5.74) is -8.10. The Balaban J connectivity index is 1.50. The van der Waals surface area contributed by atoms with Gasteiger partial charge in [-0.3, -0.25) is 14.4 Å². The van der Waals surface area contributed by atoms with E-state index in [2.05, 4.69) is 0 Å². The van der Waals surface area contributed by atoms with Gasteiger partial charge in [0.25, 0.3) is 0 Å². The van der Waals surface area contributed by atoms with Crippen molar-refractivity contribution in [3.05, 3.63) is 23.8 Å². The quantitative estimate of drug-likeness (QED) is 0.379. The van der Waals surface area contributed by atoms with E-state index in [4.69, 9.17) is 14.2 Å². The number of hydrogen-bond acceptors (Lipinski definition) is 10. The standard InChI is InChI=1S/C28H32O10/c1-12-21(32)36-18-11-23(12,2)19-20(31)27(35)15-10-16(29)14-6-5-7-17(30)24(14,3)13(15)8-9-26(34)22(33)37-25(18,4)28(19,26)38-27/h5-7,12-13,15-16,18-19,29,34-35H,8-11H2,1-4H3/t12-,13+,15-,16?,18-,19+,23-,24-,25+,26+,27-,28+/m1/s1. The molecule has 4 aliphatic heterocycles. The molecule has 0 radical (unpaired) electrons. The van der Waals surface area contributed by atoms with E-state index in [0.717, 1.165) is 0 Å². The maximum atomic E-state index is 14.6. The van der Waals surface area contributed by atoms with E-state index in [-0.39, 0.29) is 31.5 Å². The van der Waals surface area contributed by atoms with E-state index in [9.17, 15) is 34.5 Å². The molecule has 10 heteroatoms. The summed E-state index contributed by atoms with van der Waals surface area (Å²) in [6.45, 7) is 6.53. The molecule has 38 heavy (non-hydrogen) atoms. The van der Waals surface area contributed by atoms with Crippen LogP contribution in [0.15, 0.2) is 23.8 Å². The SMILES string of the molecule is C[C@@H]1C(=O)O[C@@H]2C[C@@]1(C)[C@@H]1C(=O)[C@]3(O)O[C@]14[C@@]2(C)OC(=O)[C@@]4(O)CC[C@H]1[C@H]3CC(O)C2=CC=CC(=O)[C@@]21C. The van der Waals surface area contributed by atoms with Gasteiger partial charge in [-0.25, -0.2) is 4.79 Å². The molecule has 0 aromatic carbocycles. The minimum absolute atomic E-state index is 0.0622. The van der Waals surface area contributed by atoms with Gasteiger partial charge in [-0.2, -0.15) is 0 Å². The summed E-state index contributed by atoms with van der Waals surface area (Å²) in [6.07, 6.45) is 2.48. The Hall–Kier alpha value is -2.40. The van der Waals surface area contributed by atoms with E-state index in [1.807, 2.05) is 0 Å². The van der Waals surface area contributed by atoms with Gasteiger partial charge >= 0.3 is 11.9 Å². The molecule has 7 aliphatic rings. The van der Waals surface area contributed by atoms with Crippen LogP contribution in [0.5, 0.6) is 0 Å². The van der Waals surface area contributed by atoms with Crippen LogP contribution in [-0.2, 0) is 33.4 Å². The first-order valence-electron chi connectivity index (χ1n) is 13.4. The molecule has 4 saturated heterocycles. The number of rotatable bonds is 0. The molecule has 7 rings (SSSR count).